The maximum absolute atomic E-state index is 13.1. The predicted molar refractivity (Wildman–Crippen MR) is 107 cm³/mol. The molecule has 0 unspecified atom stereocenters. The van der Waals surface area contributed by atoms with E-state index in [-0.39, 0.29) is 31.0 Å². The van der Waals surface area contributed by atoms with Crippen molar-refractivity contribution in [1.82, 2.24) is 5.32 Å². The SMILES string of the molecule is CS(=O)(=O)N(CCCC(=O)NCC1=CCCCC1)c1ccc(Cl)c(C(F)(F)F)c1. The van der Waals surface area contributed by atoms with Gasteiger partial charge in [-0.05, 0) is 50.3 Å². The van der Waals surface area contributed by atoms with Crippen LogP contribution >= 0.6 is 11.6 Å². The van der Waals surface area contributed by atoms with Gasteiger partial charge >= 0.3 is 6.18 Å². The first-order valence-corrected chi connectivity index (χ1v) is 11.5. The lowest BCUT2D eigenvalue weighted by Crippen LogP contribution is -2.32. The molecule has 0 bridgehead atoms. The second kappa shape index (κ2) is 9.84. The molecule has 2 rings (SSSR count). The molecule has 29 heavy (non-hydrogen) atoms. The normalized spacial score (nSPS) is 15.0. The van der Waals surface area contributed by atoms with Gasteiger partial charge in [0.25, 0.3) is 0 Å². The summed E-state index contributed by atoms with van der Waals surface area (Å²) < 4.78 is 64.3. The molecule has 0 saturated heterocycles. The summed E-state index contributed by atoms with van der Waals surface area (Å²) in [7, 11) is -3.84. The van der Waals surface area contributed by atoms with Crippen LogP contribution in [0.3, 0.4) is 0 Å². The molecule has 0 atom stereocenters. The van der Waals surface area contributed by atoms with Crippen LogP contribution in [0, 0.1) is 0 Å². The number of carbonyl (C=O) groups is 1. The van der Waals surface area contributed by atoms with E-state index in [1.165, 1.54) is 11.6 Å². The Morgan fingerprint density at radius 1 is 1.28 bits per heavy atom. The number of halogens is 4. The number of allylic oxidation sites excluding steroid dienone is 1. The highest BCUT2D eigenvalue weighted by molar-refractivity contribution is 7.92. The Morgan fingerprint density at radius 3 is 2.59 bits per heavy atom. The first kappa shape index (κ1) is 23.5. The van der Waals surface area contributed by atoms with Crippen LogP contribution in [0.15, 0.2) is 29.8 Å². The quantitative estimate of drug-likeness (QED) is 0.589. The van der Waals surface area contributed by atoms with E-state index in [9.17, 15) is 26.4 Å². The highest BCUT2D eigenvalue weighted by Crippen LogP contribution is 2.37. The Hall–Kier alpha value is -1.74. The number of carbonyl (C=O) groups excluding carboxylic acids is 1. The van der Waals surface area contributed by atoms with Crippen LogP contribution in [0.25, 0.3) is 0 Å². The minimum atomic E-state index is -4.70. The van der Waals surface area contributed by atoms with E-state index >= 15 is 0 Å². The fourth-order valence-electron chi connectivity index (χ4n) is 3.12. The van der Waals surface area contributed by atoms with Crippen molar-refractivity contribution in [1.29, 1.82) is 0 Å². The lowest BCUT2D eigenvalue weighted by Gasteiger charge is -2.23. The molecule has 0 aliphatic heterocycles. The Labute approximate surface area is 174 Å². The number of benzene rings is 1. The van der Waals surface area contributed by atoms with Gasteiger partial charge in [-0.25, -0.2) is 8.42 Å². The minimum Gasteiger partial charge on any atom is -0.352 e. The number of alkyl halides is 3. The number of rotatable bonds is 8. The average Bonchev–Trinajstić information content (AvgIpc) is 2.63. The fourth-order valence-corrected chi connectivity index (χ4v) is 4.30. The van der Waals surface area contributed by atoms with Crippen molar-refractivity contribution in [3.63, 3.8) is 0 Å². The Bertz CT molecular complexity index is 870. The van der Waals surface area contributed by atoms with Gasteiger partial charge in [0.2, 0.25) is 15.9 Å². The van der Waals surface area contributed by atoms with E-state index in [1.54, 1.807) is 0 Å². The average molecular weight is 453 g/mol. The number of hydrogen-bond donors (Lipinski definition) is 1. The summed E-state index contributed by atoms with van der Waals surface area (Å²) >= 11 is 5.60. The van der Waals surface area contributed by atoms with Crippen molar-refractivity contribution in [2.24, 2.45) is 0 Å². The first-order chi connectivity index (χ1) is 13.5. The number of anilines is 1. The van der Waals surface area contributed by atoms with Gasteiger partial charge in [0.05, 0.1) is 22.5 Å². The summed E-state index contributed by atoms with van der Waals surface area (Å²) in [4.78, 5) is 12.0. The highest BCUT2D eigenvalue weighted by atomic mass is 35.5. The summed E-state index contributed by atoms with van der Waals surface area (Å²) in [6.07, 6.45) is 2.78. The summed E-state index contributed by atoms with van der Waals surface area (Å²) in [5.74, 6) is -0.225. The van der Waals surface area contributed by atoms with E-state index < -0.39 is 26.8 Å². The van der Waals surface area contributed by atoms with E-state index in [1.807, 2.05) is 0 Å². The molecule has 1 N–H and O–H groups in total. The van der Waals surface area contributed by atoms with E-state index in [4.69, 9.17) is 11.6 Å². The second-order valence-electron chi connectivity index (χ2n) is 6.99. The van der Waals surface area contributed by atoms with Crippen molar-refractivity contribution in [3.8, 4) is 0 Å². The van der Waals surface area contributed by atoms with Gasteiger partial charge in [-0.3, -0.25) is 9.10 Å². The van der Waals surface area contributed by atoms with E-state index in [0.29, 0.717) is 12.6 Å². The number of nitrogens with zero attached hydrogens (tertiary/aromatic N) is 1. The molecule has 0 radical (unpaired) electrons. The Balaban J connectivity index is 2.00. The lowest BCUT2D eigenvalue weighted by molar-refractivity contribution is -0.137. The van der Waals surface area contributed by atoms with Crippen LogP contribution in [-0.4, -0.2) is 33.7 Å². The van der Waals surface area contributed by atoms with Gasteiger partial charge in [0.15, 0.2) is 0 Å². The number of sulfonamides is 1. The molecule has 162 valence electrons. The monoisotopic (exact) mass is 452 g/mol. The van der Waals surface area contributed by atoms with E-state index in [0.717, 1.165) is 42.3 Å². The number of nitrogens with one attached hydrogen (secondary N) is 1. The maximum atomic E-state index is 13.1. The predicted octanol–water partition coefficient (Wildman–Crippen LogP) is 4.52. The number of amides is 1. The third-order valence-corrected chi connectivity index (χ3v) is 6.13. The topological polar surface area (TPSA) is 66.5 Å². The third-order valence-electron chi connectivity index (χ3n) is 4.61. The van der Waals surface area contributed by atoms with Crippen LogP contribution in [-0.2, 0) is 21.0 Å². The van der Waals surface area contributed by atoms with Gasteiger partial charge in [-0.2, -0.15) is 13.2 Å². The van der Waals surface area contributed by atoms with Crippen molar-refractivity contribution in [2.75, 3.05) is 23.7 Å². The molecular formula is C19H24ClF3N2O3S. The van der Waals surface area contributed by atoms with Crippen molar-refractivity contribution in [3.05, 3.63) is 40.4 Å². The molecule has 0 aromatic heterocycles. The zero-order valence-corrected chi connectivity index (χ0v) is 17.6. The third kappa shape index (κ3) is 7.22. The molecule has 1 aromatic carbocycles. The van der Waals surface area contributed by atoms with Gasteiger partial charge in [0.1, 0.15) is 0 Å². The summed E-state index contributed by atoms with van der Waals surface area (Å²) in [6, 6.07) is 2.94. The van der Waals surface area contributed by atoms with Crippen LogP contribution in [0.2, 0.25) is 5.02 Å². The van der Waals surface area contributed by atoms with Crippen molar-refractivity contribution in [2.45, 2.75) is 44.7 Å². The van der Waals surface area contributed by atoms with Gasteiger partial charge in [-0.1, -0.05) is 23.3 Å². The second-order valence-corrected chi connectivity index (χ2v) is 9.30. The molecule has 1 amide bonds. The zero-order chi connectivity index (χ0) is 21.7. The van der Waals surface area contributed by atoms with Crippen molar-refractivity contribution < 1.29 is 26.4 Å². The molecule has 0 spiro atoms. The van der Waals surface area contributed by atoms with Crippen LogP contribution in [0.1, 0.15) is 44.1 Å². The van der Waals surface area contributed by atoms with Gasteiger partial charge in [0, 0.05) is 19.5 Å². The molecule has 10 heteroatoms. The summed E-state index contributed by atoms with van der Waals surface area (Å²) in [5, 5.41) is 2.29. The fraction of sp³-hybridized carbons (Fsp3) is 0.526. The summed E-state index contributed by atoms with van der Waals surface area (Å²) in [5.41, 5.74) is -0.0657. The molecular weight excluding hydrogens is 429 g/mol. The highest BCUT2D eigenvalue weighted by Gasteiger charge is 2.34. The van der Waals surface area contributed by atoms with Crippen LogP contribution < -0.4 is 9.62 Å². The molecule has 0 heterocycles. The number of hydrogen-bond acceptors (Lipinski definition) is 3. The van der Waals surface area contributed by atoms with Gasteiger partial charge in [-0.15, -0.1) is 0 Å². The molecule has 5 nitrogen and oxygen atoms in total. The van der Waals surface area contributed by atoms with E-state index in [2.05, 4.69) is 11.4 Å². The largest absolute Gasteiger partial charge is 0.417 e. The smallest absolute Gasteiger partial charge is 0.352 e. The maximum Gasteiger partial charge on any atom is 0.417 e. The lowest BCUT2D eigenvalue weighted by atomic mass is 10.00. The molecule has 0 fully saturated rings. The first-order valence-electron chi connectivity index (χ1n) is 9.27. The molecule has 1 aliphatic carbocycles. The van der Waals surface area contributed by atoms with Crippen molar-refractivity contribution >= 4 is 33.2 Å². The Kier molecular flexibility index (Phi) is 7.99. The molecule has 1 aromatic rings. The van der Waals surface area contributed by atoms with Crippen LogP contribution in [0.4, 0.5) is 18.9 Å². The Morgan fingerprint density at radius 2 is 2.00 bits per heavy atom. The summed E-state index contributed by atoms with van der Waals surface area (Å²) in [6.45, 7) is 0.356. The standard InChI is InChI=1S/C19H24ClF3N2O3S/c1-29(27,28)25(15-9-10-17(20)16(12-15)19(21,22)23)11-5-8-18(26)24-13-14-6-3-2-4-7-14/h6,9-10,12H,2-5,7-8,11,13H2,1H3,(H,24,26). The van der Waals surface area contributed by atoms with Crippen LogP contribution in [0.5, 0.6) is 0 Å². The molecule has 0 saturated carbocycles. The minimum absolute atomic E-state index is 0.0685. The zero-order valence-electron chi connectivity index (χ0n) is 16.1. The molecule has 1 aliphatic rings. The van der Waals surface area contributed by atoms with Gasteiger partial charge < -0.3 is 5.32 Å².